The van der Waals surface area contributed by atoms with Gasteiger partial charge >= 0.3 is 0 Å². The molecule has 166 valence electrons. The second-order valence-corrected chi connectivity index (χ2v) is 9.28. The molecule has 0 N–H and O–H groups in total. The average molecular weight is 440 g/mol. The zero-order valence-corrected chi connectivity index (χ0v) is 19.6. The molecule has 1 aliphatic heterocycles. The highest BCUT2D eigenvalue weighted by Gasteiger charge is 2.18. The predicted octanol–water partition coefficient (Wildman–Crippen LogP) is 6.34. The normalized spacial score (nSPS) is 15.6. The fourth-order valence-corrected chi connectivity index (χ4v) is 4.78. The Morgan fingerprint density at radius 1 is 1.10 bits per heavy atom. The first-order chi connectivity index (χ1) is 15.1. The van der Waals surface area contributed by atoms with Crippen molar-refractivity contribution in [2.75, 3.05) is 20.1 Å². The van der Waals surface area contributed by atoms with E-state index >= 15 is 0 Å². The number of aromatic nitrogens is 2. The van der Waals surface area contributed by atoms with Crippen LogP contribution in [0.4, 0.5) is 0 Å². The van der Waals surface area contributed by atoms with Gasteiger partial charge in [-0.1, -0.05) is 37.1 Å². The Morgan fingerprint density at radius 2 is 1.87 bits per heavy atom. The molecular formula is C26H34ClN3O. The van der Waals surface area contributed by atoms with E-state index in [1.807, 2.05) is 24.3 Å². The van der Waals surface area contributed by atoms with Crippen LogP contribution in [0.3, 0.4) is 0 Å². The number of piperidine rings is 1. The van der Waals surface area contributed by atoms with Gasteiger partial charge in [0.15, 0.2) is 0 Å². The maximum Gasteiger partial charge on any atom is 0.148 e. The van der Waals surface area contributed by atoms with Crippen LogP contribution in [0.2, 0.25) is 5.02 Å². The number of fused-ring (bicyclic) bond motifs is 1. The summed E-state index contributed by atoms with van der Waals surface area (Å²) in [4.78, 5) is 7.49. The molecular weight excluding hydrogens is 406 g/mol. The van der Waals surface area contributed by atoms with Crippen molar-refractivity contribution in [1.29, 1.82) is 0 Å². The Balaban J connectivity index is 1.51. The number of rotatable bonds is 9. The van der Waals surface area contributed by atoms with Crippen molar-refractivity contribution in [2.45, 2.75) is 58.6 Å². The number of benzene rings is 2. The molecule has 0 saturated carbocycles. The third-order valence-corrected chi connectivity index (χ3v) is 6.73. The number of para-hydroxylation sites is 1. The Labute approximate surface area is 191 Å². The van der Waals surface area contributed by atoms with Crippen LogP contribution in [0, 0.1) is 5.92 Å². The number of hydrogen-bond donors (Lipinski definition) is 0. The van der Waals surface area contributed by atoms with Gasteiger partial charge in [0.2, 0.25) is 0 Å². The highest BCUT2D eigenvalue weighted by molar-refractivity contribution is 6.30. The van der Waals surface area contributed by atoms with Gasteiger partial charge < -0.3 is 14.2 Å². The molecule has 31 heavy (non-hydrogen) atoms. The lowest BCUT2D eigenvalue weighted by molar-refractivity contribution is 0.208. The highest BCUT2D eigenvalue weighted by Crippen LogP contribution is 2.26. The third-order valence-electron chi connectivity index (χ3n) is 6.47. The summed E-state index contributed by atoms with van der Waals surface area (Å²) in [7, 11) is 2.23. The first-order valence-electron chi connectivity index (χ1n) is 11.7. The summed E-state index contributed by atoms with van der Waals surface area (Å²) in [6.07, 6.45) is 7.31. The van der Waals surface area contributed by atoms with Gasteiger partial charge in [0, 0.05) is 11.6 Å². The molecule has 0 atom stereocenters. The maximum absolute atomic E-state index is 6.08. The number of nitrogens with zero attached hydrogens (tertiary/aromatic N) is 3. The molecule has 2 heterocycles. The largest absolute Gasteiger partial charge is 0.486 e. The van der Waals surface area contributed by atoms with Crippen LogP contribution >= 0.6 is 11.6 Å². The van der Waals surface area contributed by atoms with Crippen LogP contribution in [-0.4, -0.2) is 34.6 Å². The van der Waals surface area contributed by atoms with Crippen molar-refractivity contribution in [3.63, 3.8) is 0 Å². The van der Waals surface area contributed by atoms with Gasteiger partial charge in [-0.2, -0.15) is 0 Å². The van der Waals surface area contributed by atoms with Gasteiger partial charge in [-0.05, 0) is 94.1 Å². The van der Waals surface area contributed by atoms with Crippen molar-refractivity contribution in [3.05, 3.63) is 58.9 Å². The van der Waals surface area contributed by atoms with Crippen LogP contribution < -0.4 is 4.74 Å². The summed E-state index contributed by atoms with van der Waals surface area (Å²) in [6.45, 7) is 6.16. The molecule has 1 aromatic heterocycles. The molecule has 1 saturated heterocycles. The number of likely N-dealkylation sites (tertiary alicyclic amines) is 1. The topological polar surface area (TPSA) is 30.3 Å². The lowest BCUT2D eigenvalue weighted by Gasteiger charge is -2.29. The van der Waals surface area contributed by atoms with Crippen LogP contribution in [0.5, 0.6) is 5.75 Å². The summed E-state index contributed by atoms with van der Waals surface area (Å²) in [6, 6.07) is 14.2. The molecule has 1 aliphatic rings. The Morgan fingerprint density at radius 3 is 2.61 bits per heavy atom. The van der Waals surface area contributed by atoms with E-state index < -0.39 is 0 Å². The summed E-state index contributed by atoms with van der Waals surface area (Å²) in [5.41, 5.74) is 3.71. The first kappa shape index (κ1) is 22.2. The van der Waals surface area contributed by atoms with Crippen molar-refractivity contribution >= 4 is 22.6 Å². The van der Waals surface area contributed by atoms with E-state index in [-0.39, 0.29) is 0 Å². The lowest BCUT2D eigenvalue weighted by atomic mass is 9.92. The Bertz CT molecular complexity index is 974. The van der Waals surface area contributed by atoms with Gasteiger partial charge in [-0.15, -0.1) is 0 Å². The van der Waals surface area contributed by atoms with E-state index in [0.717, 1.165) is 47.4 Å². The smallest absolute Gasteiger partial charge is 0.148 e. The Kier molecular flexibility index (Phi) is 7.52. The fourth-order valence-electron chi connectivity index (χ4n) is 4.65. The summed E-state index contributed by atoms with van der Waals surface area (Å²) >= 11 is 6.01. The number of imidazole rings is 1. The summed E-state index contributed by atoms with van der Waals surface area (Å²) in [5, 5.41) is 0.720. The minimum absolute atomic E-state index is 0.468. The van der Waals surface area contributed by atoms with E-state index in [1.54, 1.807) is 0 Å². The Hall–Kier alpha value is -2.04. The number of aryl methyl sites for hydroxylation is 2. The zero-order chi connectivity index (χ0) is 21.6. The van der Waals surface area contributed by atoms with Crippen molar-refractivity contribution in [1.82, 2.24) is 14.5 Å². The molecule has 0 spiro atoms. The molecule has 2 aromatic carbocycles. The predicted molar refractivity (Wildman–Crippen MR) is 129 cm³/mol. The minimum atomic E-state index is 0.468. The van der Waals surface area contributed by atoms with E-state index in [4.69, 9.17) is 21.3 Å². The lowest BCUT2D eigenvalue weighted by Crippen LogP contribution is -2.30. The molecule has 0 unspecified atom stereocenters. The molecule has 4 nitrogen and oxygen atoms in total. The van der Waals surface area contributed by atoms with E-state index in [0.29, 0.717) is 6.61 Å². The second kappa shape index (κ2) is 10.5. The van der Waals surface area contributed by atoms with E-state index in [9.17, 15) is 0 Å². The van der Waals surface area contributed by atoms with E-state index in [2.05, 4.69) is 41.6 Å². The number of ether oxygens (including phenoxy) is 1. The van der Waals surface area contributed by atoms with Gasteiger partial charge in [0.25, 0.3) is 0 Å². The van der Waals surface area contributed by atoms with Gasteiger partial charge in [-0.25, -0.2) is 4.98 Å². The molecule has 3 aromatic rings. The second-order valence-electron chi connectivity index (χ2n) is 8.85. The monoisotopic (exact) mass is 439 g/mol. The molecule has 1 fully saturated rings. The van der Waals surface area contributed by atoms with Gasteiger partial charge in [0.05, 0.1) is 11.0 Å². The standard InChI is InChI=1S/C26H34ClN3O/c1-3-6-21-8-4-9-24-26(21)28-25(19-31-23-12-10-22(27)11-13-23)30(24)16-5-7-20-14-17-29(2)18-15-20/h4,8-13,20H,3,5-7,14-19H2,1-2H3. The van der Waals surface area contributed by atoms with E-state index in [1.165, 1.54) is 49.9 Å². The summed E-state index contributed by atoms with van der Waals surface area (Å²) < 4.78 is 8.47. The number of hydrogen-bond acceptors (Lipinski definition) is 3. The zero-order valence-electron chi connectivity index (χ0n) is 18.8. The number of halogens is 1. The van der Waals surface area contributed by atoms with Crippen molar-refractivity contribution in [2.24, 2.45) is 5.92 Å². The van der Waals surface area contributed by atoms with Crippen LogP contribution in [0.1, 0.15) is 50.4 Å². The fraction of sp³-hybridized carbons (Fsp3) is 0.500. The van der Waals surface area contributed by atoms with Crippen LogP contribution in [-0.2, 0) is 19.6 Å². The quantitative estimate of drug-likeness (QED) is 0.389. The minimum Gasteiger partial charge on any atom is -0.486 e. The van der Waals surface area contributed by atoms with Crippen LogP contribution in [0.15, 0.2) is 42.5 Å². The molecule has 4 rings (SSSR count). The molecule has 0 amide bonds. The van der Waals surface area contributed by atoms with Crippen LogP contribution in [0.25, 0.3) is 11.0 Å². The third kappa shape index (κ3) is 5.61. The highest BCUT2D eigenvalue weighted by atomic mass is 35.5. The van der Waals surface area contributed by atoms with Crippen molar-refractivity contribution < 1.29 is 4.74 Å². The molecule has 0 bridgehead atoms. The SMILES string of the molecule is CCCc1cccc2c1nc(COc1ccc(Cl)cc1)n2CCCC1CCN(C)CC1. The first-order valence-corrected chi connectivity index (χ1v) is 12.1. The van der Waals surface area contributed by atoms with Crippen molar-refractivity contribution in [3.8, 4) is 5.75 Å². The molecule has 0 aliphatic carbocycles. The average Bonchev–Trinajstić information content (AvgIpc) is 3.13. The molecule has 0 radical (unpaired) electrons. The molecule has 5 heteroatoms. The van der Waals surface area contributed by atoms with Gasteiger partial charge in [0.1, 0.15) is 18.2 Å². The maximum atomic E-state index is 6.08. The summed E-state index contributed by atoms with van der Waals surface area (Å²) in [5.74, 6) is 2.69. The van der Waals surface area contributed by atoms with Gasteiger partial charge in [-0.3, -0.25) is 0 Å².